The number of halogens is 3. The van der Waals surface area contributed by atoms with E-state index in [0.29, 0.717) is 29.1 Å². The largest absolute Gasteiger partial charge is 0.438 e. The molecule has 4 rings (SSSR count). The van der Waals surface area contributed by atoms with Gasteiger partial charge in [-0.15, -0.1) is 0 Å². The van der Waals surface area contributed by atoms with Gasteiger partial charge in [0.05, 0.1) is 6.10 Å². The topological polar surface area (TPSA) is 63.8 Å². The molecule has 0 aliphatic carbocycles. The maximum atomic E-state index is 14.2. The van der Waals surface area contributed by atoms with E-state index in [-0.39, 0.29) is 33.8 Å². The number of hydrogen-bond acceptors (Lipinski definition) is 4. The first-order chi connectivity index (χ1) is 14.0. The van der Waals surface area contributed by atoms with Gasteiger partial charge >= 0.3 is 0 Å². The van der Waals surface area contributed by atoms with Gasteiger partial charge in [-0.3, -0.25) is 4.79 Å². The molecule has 1 saturated heterocycles. The van der Waals surface area contributed by atoms with Crippen molar-refractivity contribution < 1.29 is 18.3 Å². The van der Waals surface area contributed by atoms with Crippen LogP contribution in [0.2, 0.25) is 10.0 Å². The van der Waals surface area contributed by atoms with Crippen LogP contribution >= 0.6 is 23.2 Å². The molecule has 1 amide bonds. The fraction of sp³-hybridized carbons (Fsp3) is 0.238. The highest BCUT2D eigenvalue weighted by atomic mass is 35.5. The first-order valence-electron chi connectivity index (χ1n) is 9.12. The minimum absolute atomic E-state index is 0.00844. The van der Waals surface area contributed by atoms with Crippen molar-refractivity contribution in [2.45, 2.75) is 18.9 Å². The Balaban J connectivity index is 1.78. The molecule has 2 aromatic carbocycles. The van der Waals surface area contributed by atoms with Gasteiger partial charge in [-0.05, 0) is 55.3 Å². The highest BCUT2D eigenvalue weighted by molar-refractivity contribution is 6.31. The Morgan fingerprint density at radius 2 is 1.97 bits per heavy atom. The Labute approximate surface area is 176 Å². The van der Waals surface area contributed by atoms with Crippen molar-refractivity contribution in [1.82, 2.24) is 5.32 Å². The third kappa shape index (κ3) is 4.61. The van der Waals surface area contributed by atoms with E-state index in [1.807, 2.05) is 0 Å². The molecule has 29 heavy (non-hydrogen) atoms. The summed E-state index contributed by atoms with van der Waals surface area (Å²) in [6, 6.07) is 10.7. The number of amides is 1. The first-order valence-corrected chi connectivity index (χ1v) is 9.88. The molecule has 0 bridgehead atoms. The minimum atomic E-state index is -0.616. The number of nitrogens with one attached hydrogen (secondary N) is 1. The summed E-state index contributed by atoms with van der Waals surface area (Å²) in [6.45, 7) is 1.07. The van der Waals surface area contributed by atoms with Crippen LogP contribution in [-0.2, 0) is 4.74 Å². The number of rotatable bonds is 4. The normalized spacial score (nSPS) is 17.1. The van der Waals surface area contributed by atoms with Crippen LogP contribution < -0.4 is 10.9 Å². The van der Waals surface area contributed by atoms with E-state index < -0.39 is 5.82 Å². The van der Waals surface area contributed by atoms with E-state index in [1.54, 1.807) is 24.3 Å². The average Bonchev–Trinajstić information content (AvgIpc) is 3.21. The second-order valence-electron chi connectivity index (χ2n) is 6.70. The molecule has 0 saturated carbocycles. The zero-order valence-electron chi connectivity index (χ0n) is 15.3. The predicted octanol–water partition coefficient (Wildman–Crippen LogP) is 5.02. The number of ether oxygens (including phenoxy) is 1. The summed E-state index contributed by atoms with van der Waals surface area (Å²) in [7, 11) is 0. The molecule has 150 valence electrons. The van der Waals surface area contributed by atoms with Gasteiger partial charge in [0.25, 0.3) is 5.91 Å². The molecule has 3 aromatic rings. The van der Waals surface area contributed by atoms with Crippen molar-refractivity contribution in [1.29, 1.82) is 0 Å². The van der Waals surface area contributed by atoms with Crippen molar-refractivity contribution >= 4 is 45.8 Å². The van der Waals surface area contributed by atoms with Crippen molar-refractivity contribution in [3.05, 3.63) is 69.4 Å². The van der Waals surface area contributed by atoms with Crippen LogP contribution in [-0.4, -0.2) is 25.2 Å². The van der Waals surface area contributed by atoms with Crippen LogP contribution in [0.4, 0.5) is 10.1 Å². The van der Waals surface area contributed by atoms with Crippen LogP contribution in [0, 0.1) is 5.82 Å². The van der Waals surface area contributed by atoms with Crippen molar-refractivity contribution in [2.75, 3.05) is 13.2 Å². The monoisotopic (exact) mass is 434 g/mol. The molecule has 2 heterocycles. The summed E-state index contributed by atoms with van der Waals surface area (Å²) in [5.41, 5.74) is 0.649. The summed E-state index contributed by atoms with van der Waals surface area (Å²) in [5.74, 6) is -1.01. The summed E-state index contributed by atoms with van der Waals surface area (Å²) >= 11 is 11.9. The lowest BCUT2D eigenvalue weighted by Crippen LogP contribution is -2.34. The Morgan fingerprint density at radius 3 is 2.72 bits per heavy atom. The van der Waals surface area contributed by atoms with E-state index in [1.165, 1.54) is 12.1 Å². The molecule has 1 aliphatic rings. The molecule has 1 aliphatic heterocycles. The standard InChI is InChI=1S/C21H17Cl2FN2O3/c22-13-4-6-19-12(8-13)9-16(20(27)25-11-15-2-1-7-28-15)21(29-19)26-18-5-3-14(23)10-17(18)24/h3-6,8-10,15H,1-2,7,11H2,(H,25,27)/t15-/m1/s1. The Kier molecular flexibility index (Phi) is 5.85. The number of benzene rings is 2. The highest BCUT2D eigenvalue weighted by Gasteiger charge is 2.19. The zero-order valence-corrected chi connectivity index (χ0v) is 16.8. The number of carbonyl (C=O) groups is 1. The van der Waals surface area contributed by atoms with Crippen molar-refractivity contribution in [3.8, 4) is 0 Å². The third-order valence-corrected chi connectivity index (χ3v) is 5.07. The Morgan fingerprint density at radius 1 is 1.17 bits per heavy atom. The van der Waals surface area contributed by atoms with Gasteiger partial charge in [0.1, 0.15) is 22.7 Å². The maximum Gasteiger partial charge on any atom is 0.256 e. The third-order valence-electron chi connectivity index (χ3n) is 4.60. The van der Waals surface area contributed by atoms with Gasteiger partial charge < -0.3 is 14.5 Å². The molecule has 5 nitrogen and oxygen atoms in total. The molecule has 1 aromatic heterocycles. The molecule has 1 N–H and O–H groups in total. The lowest BCUT2D eigenvalue weighted by Gasteiger charge is -2.11. The van der Waals surface area contributed by atoms with Crippen LogP contribution in [0.15, 0.2) is 51.9 Å². The maximum absolute atomic E-state index is 14.2. The van der Waals surface area contributed by atoms with E-state index in [4.69, 9.17) is 32.4 Å². The molecule has 0 unspecified atom stereocenters. The summed E-state index contributed by atoms with van der Waals surface area (Å²) in [6.07, 6.45) is 1.85. The van der Waals surface area contributed by atoms with E-state index in [0.717, 1.165) is 18.9 Å². The fourth-order valence-electron chi connectivity index (χ4n) is 3.14. The van der Waals surface area contributed by atoms with Crippen LogP contribution in [0.5, 0.6) is 0 Å². The number of fused-ring (bicyclic) bond motifs is 1. The smallest absolute Gasteiger partial charge is 0.256 e. The van der Waals surface area contributed by atoms with Crippen LogP contribution in [0.25, 0.3) is 11.0 Å². The second kappa shape index (κ2) is 8.53. The summed E-state index contributed by atoms with van der Waals surface area (Å²) in [5, 5.41) is 4.23. The molecule has 0 spiro atoms. The molecule has 0 radical (unpaired) electrons. The van der Waals surface area contributed by atoms with Gasteiger partial charge in [0.15, 0.2) is 0 Å². The molecule has 1 atom stereocenters. The molecule has 1 fully saturated rings. The van der Waals surface area contributed by atoms with E-state index in [2.05, 4.69) is 10.3 Å². The van der Waals surface area contributed by atoms with Gasteiger partial charge in [0, 0.05) is 28.6 Å². The predicted molar refractivity (Wildman–Crippen MR) is 109 cm³/mol. The SMILES string of the molecule is O=C(NC[C@H]1CCCO1)c1cc2cc(Cl)ccc2oc1=Nc1ccc(Cl)cc1F. The molecule has 8 heteroatoms. The molecular weight excluding hydrogens is 418 g/mol. The first kappa shape index (κ1) is 19.9. The van der Waals surface area contributed by atoms with Gasteiger partial charge in [0.2, 0.25) is 5.55 Å². The average molecular weight is 435 g/mol. The Bertz CT molecular complexity index is 1140. The lowest BCUT2D eigenvalue weighted by molar-refractivity contribution is 0.0854. The fourth-order valence-corrected chi connectivity index (χ4v) is 3.47. The quantitative estimate of drug-likeness (QED) is 0.626. The minimum Gasteiger partial charge on any atom is -0.438 e. The number of hydrogen-bond donors (Lipinski definition) is 1. The summed E-state index contributed by atoms with van der Waals surface area (Å²) in [4.78, 5) is 17.1. The van der Waals surface area contributed by atoms with Crippen molar-refractivity contribution in [3.63, 3.8) is 0 Å². The van der Waals surface area contributed by atoms with E-state index >= 15 is 0 Å². The van der Waals surface area contributed by atoms with Crippen molar-refractivity contribution in [2.24, 2.45) is 4.99 Å². The number of nitrogens with zero attached hydrogens (tertiary/aromatic N) is 1. The van der Waals surface area contributed by atoms with Gasteiger partial charge in [-0.2, -0.15) is 0 Å². The molecular formula is C21H17Cl2FN2O3. The van der Waals surface area contributed by atoms with Crippen LogP contribution in [0.1, 0.15) is 23.2 Å². The second-order valence-corrected chi connectivity index (χ2v) is 7.57. The lowest BCUT2D eigenvalue weighted by atomic mass is 10.1. The zero-order chi connectivity index (χ0) is 20.4. The summed E-state index contributed by atoms with van der Waals surface area (Å²) < 4.78 is 25.6. The highest BCUT2D eigenvalue weighted by Crippen LogP contribution is 2.23. The van der Waals surface area contributed by atoms with E-state index in [9.17, 15) is 9.18 Å². The van der Waals surface area contributed by atoms with Gasteiger partial charge in [-0.25, -0.2) is 9.38 Å². The Hall–Kier alpha value is -2.41. The van der Waals surface area contributed by atoms with Gasteiger partial charge in [-0.1, -0.05) is 23.2 Å². The van der Waals surface area contributed by atoms with Crippen LogP contribution in [0.3, 0.4) is 0 Å². The number of carbonyl (C=O) groups excluding carboxylic acids is 1.